The van der Waals surface area contributed by atoms with Gasteiger partial charge in [-0.3, -0.25) is 4.79 Å². The van der Waals surface area contributed by atoms with Crippen molar-refractivity contribution < 1.29 is 9.59 Å². The van der Waals surface area contributed by atoms with E-state index >= 15 is 0 Å². The molecule has 0 spiro atoms. The number of carbonyl (C=O) groups excluding carboxylic acids is 2. The fraction of sp³-hybridized carbons (Fsp3) is 0.923. The average molecular weight is 477 g/mol. The topological polar surface area (TPSA) is 73.5 Å². The zero-order valence-electron chi connectivity index (χ0n) is 20.6. The number of nitrogens with zero attached hydrogens (tertiary/aromatic N) is 1. The van der Waals surface area contributed by atoms with E-state index < -0.39 is 0 Å². The first kappa shape index (κ1) is 23.8. The van der Waals surface area contributed by atoms with E-state index in [9.17, 15) is 9.59 Å². The minimum absolute atomic E-state index is 0.0161. The molecule has 0 radical (unpaired) electrons. The Morgan fingerprint density at radius 2 is 1.94 bits per heavy atom. The first-order valence-corrected chi connectivity index (χ1v) is 14.7. The smallest absolute Gasteiger partial charge is 0.315 e. The Labute approximate surface area is 204 Å². The van der Waals surface area contributed by atoms with Crippen molar-refractivity contribution in [3.63, 3.8) is 0 Å². The number of nitrogens with one attached hydrogen (secondary N) is 3. The Kier molecular flexibility index (Phi) is 7.46. The van der Waals surface area contributed by atoms with Crippen LogP contribution in [0.1, 0.15) is 77.6 Å². The fourth-order valence-electron chi connectivity index (χ4n) is 7.75. The molecule has 5 aliphatic rings. The molecular weight excluding hydrogens is 432 g/mol. The quantitative estimate of drug-likeness (QED) is 0.368. The SMILES string of the molecule is CC1CCC([C@H]2C[C@H]3CCC(C2CNC(=O)CCCCC2SCC4NC(=O)NC42)N3C)CC1. The number of hydrogen-bond acceptors (Lipinski definition) is 4. The standard InChI is InChI=1S/C26H44N4O2S/c1-16-7-9-17(10-8-16)19-13-18-11-12-22(30(18)2)20(19)14-27-24(31)6-4-3-5-23-25-21(15-33-23)28-26(32)29-25/h16-23,25H,3-15H2,1-2H3,(H,27,31)(H2,28,29,32)/t16?,17?,18-,19-,20?,21?,22?,23?,25?/m1/s1. The lowest BCUT2D eigenvalue weighted by Gasteiger charge is -2.47. The summed E-state index contributed by atoms with van der Waals surface area (Å²) in [7, 11) is 2.32. The van der Waals surface area contributed by atoms with E-state index in [1.165, 1.54) is 44.9 Å². The molecule has 0 aromatic carbocycles. The maximum atomic E-state index is 12.7. The van der Waals surface area contributed by atoms with Gasteiger partial charge >= 0.3 is 6.03 Å². The molecule has 4 heterocycles. The normalized spacial score (nSPS) is 42.6. The maximum Gasteiger partial charge on any atom is 0.315 e. The van der Waals surface area contributed by atoms with Crippen LogP contribution in [0.25, 0.3) is 0 Å². The van der Waals surface area contributed by atoms with Crippen LogP contribution < -0.4 is 16.0 Å². The molecule has 6 nitrogen and oxygen atoms in total. The highest BCUT2D eigenvalue weighted by molar-refractivity contribution is 8.00. The number of carbonyl (C=O) groups is 2. The van der Waals surface area contributed by atoms with Crippen molar-refractivity contribution in [2.45, 2.75) is 107 Å². The van der Waals surface area contributed by atoms with Crippen molar-refractivity contribution in [3.8, 4) is 0 Å². The zero-order chi connectivity index (χ0) is 22.9. The summed E-state index contributed by atoms with van der Waals surface area (Å²) in [6.45, 7) is 3.29. The fourth-order valence-corrected chi connectivity index (χ4v) is 9.30. The maximum absolute atomic E-state index is 12.7. The third kappa shape index (κ3) is 5.19. The van der Waals surface area contributed by atoms with Gasteiger partial charge in [0.25, 0.3) is 0 Å². The van der Waals surface area contributed by atoms with Crippen LogP contribution in [0, 0.1) is 23.7 Å². The molecule has 33 heavy (non-hydrogen) atoms. The minimum Gasteiger partial charge on any atom is -0.356 e. The van der Waals surface area contributed by atoms with E-state index in [1.807, 2.05) is 11.8 Å². The summed E-state index contributed by atoms with van der Waals surface area (Å²) in [5, 5.41) is 9.93. The Morgan fingerprint density at radius 3 is 2.76 bits per heavy atom. The van der Waals surface area contributed by atoms with Gasteiger partial charge in [0, 0.05) is 36.1 Å². The van der Waals surface area contributed by atoms with Crippen LogP contribution in [-0.4, -0.2) is 65.6 Å². The van der Waals surface area contributed by atoms with E-state index in [0.29, 0.717) is 29.7 Å². The number of amides is 3. The molecular formula is C26H44N4O2S. The molecule has 2 bridgehead atoms. The van der Waals surface area contributed by atoms with Crippen LogP contribution in [0.5, 0.6) is 0 Å². The Morgan fingerprint density at radius 1 is 1.12 bits per heavy atom. The molecule has 7 heteroatoms. The molecule has 5 unspecified atom stereocenters. The number of hydrogen-bond donors (Lipinski definition) is 3. The number of unbranched alkanes of at least 4 members (excludes halogenated alkanes) is 1. The van der Waals surface area contributed by atoms with Gasteiger partial charge in [-0.2, -0.15) is 11.8 Å². The second kappa shape index (κ2) is 10.3. The van der Waals surface area contributed by atoms with Crippen molar-refractivity contribution in [1.82, 2.24) is 20.9 Å². The number of rotatable bonds is 8. The van der Waals surface area contributed by atoms with Gasteiger partial charge in [-0.05, 0) is 75.7 Å². The van der Waals surface area contributed by atoms with E-state index in [2.05, 4.69) is 34.8 Å². The Bertz CT molecular complexity index is 712. The van der Waals surface area contributed by atoms with Crippen LogP contribution >= 0.6 is 11.8 Å². The molecule has 3 amide bonds. The van der Waals surface area contributed by atoms with Crippen molar-refractivity contribution in [2.75, 3.05) is 19.3 Å². The second-order valence-electron chi connectivity index (χ2n) is 11.7. The monoisotopic (exact) mass is 476 g/mol. The van der Waals surface area contributed by atoms with Crippen LogP contribution in [0.4, 0.5) is 4.79 Å². The predicted molar refractivity (Wildman–Crippen MR) is 134 cm³/mol. The van der Waals surface area contributed by atoms with Gasteiger partial charge in [-0.25, -0.2) is 4.79 Å². The number of fused-ring (bicyclic) bond motifs is 3. The molecule has 3 N–H and O–H groups in total. The van der Waals surface area contributed by atoms with Crippen molar-refractivity contribution in [3.05, 3.63) is 0 Å². The molecule has 0 aromatic rings. The summed E-state index contributed by atoms with van der Waals surface area (Å²) < 4.78 is 0. The molecule has 0 aromatic heterocycles. The van der Waals surface area contributed by atoms with Crippen LogP contribution in [-0.2, 0) is 4.79 Å². The lowest BCUT2D eigenvalue weighted by Crippen LogP contribution is -2.52. The van der Waals surface area contributed by atoms with Gasteiger partial charge in [0.05, 0.1) is 12.1 Å². The van der Waals surface area contributed by atoms with E-state index in [4.69, 9.17) is 0 Å². The molecule has 5 rings (SSSR count). The van der Waals surface area contributed by atoms with Crippen LogP contribution in [0.15, 0.2) is 0 Å². The second-order valence-corrected chi connectivity index (χ2v) is 13.0. The van der Waals surface area contributed by atoms with Crippen LogP contribution in [0.2, 0.25) is 0 Å². The molecule has 1 aliphatic carbocycles. The molecule has 1 saturated carbocycles. The average Bonchev–Trinajstić information content (AvgIpc) is 3.41. The van der Waals surface area contributed by atoms with Gasteiger partial charge in [0.15, 0.2) is 0 Å². The third-order valence-electron chi connectivity index (χ3n) is 9.76. The summed E-state index contributed by atoms with van der Waals surface area (Å²) in [5.74, 6) is 4.44. The van der Waals surface area contributed by atoms with E-state index in [0.717, 1.165) is 55.4 Å². The molecule has 4 saturated heterocycles. The van der Waals surface area contributed by atoms with Gasteiger partial charge < -0.3 is 20.9 Å². The largest absolute Gasteiger partial charge is 0.356 e. The van der Waals surface area contributed by atoms with Crippen molar-refractivity contribution in [1.29, 1.82) is 0 Å². The van der Waals surface area contributed by atoms with Crippen molar-refractivity contribution >= 4 is 23.7 Å². The van der Waals surface area contributed by atoms with E-state index in [1.54, 1.807) is 0 Å². The first-order chi connectivity index (χ1) is 16.0. The molecule has 186 valence electrons. The number of thioether (sulfide) groups is 1. The van der Waals surface area contributed by atoms with Gasteiger partial charge in [0.1, 0.15) is 0 Å². The van der Waals surface area contributed by atoms with Gasteiger partial charge in [0.2, 0.25) is 5.91 Å². The zero-order valence-corrected chi connectivity index (χ0v) is 21.4. The molecule has 5 fully saturated rings. The summed E-state index contributed by atoms with van der Waals surface area (Å²) in [6.07, 6.45) is 13.3. The molecule has 7 atom stereocenters. The van der Waals surface area contributed by atoms with Crippen LogP contribution in [0.3, 0.4) is 0 Å². The minimum atomic E-state index is -0.0161. The third-order valence-corrected chi connectivity index (χ3v) is 11.3. The lowest BCUT2D eigenvalue weighted by molar-refractivity contribution is -0.121. The highest BCUT2D eigenvalue weighted by Gasteiger charge is 2.48. The Balaban J connectivity index is 1.06. The molecule has 4 aliphatic heterocycles. The summed E-state index contributed by atoms with van der Waals surface area (Å²) in [5.41, 5.74) is 0. The predicted octanol–water partition coefficient (Wildman–Crippen LogP) is 3.75. The van der Waals surface area contributed by atoms with Crippen molar-refractivity contribution in [2.24, 2.45) is 23.7 Å². The summed E-state index contributed by atoms with van der Waals surface area (Å²) in [6, 6.07) is 1.99. The summed E-state index contributed by atoms with van der Waals surface area (Å²) in [4.78, 5) is 26.9. The first-order valence-electron chi connectivity index (χ1n) is 13.7. The highest BCUT2D eigenvalue weighted by atomic mass is 32.2. The van der Waals surface area contributed by atoms with Gasteiger partial charge in [-0.1, -0.05) is 26.2 Å². The Hall–Kier alpha value is -0.950. The van der Waals surface area contributed by atoms with Gasteiger partial charge in [-0.15, -0.1) is 0 Å². The number of piperidine rings is 1. The number of urea groups is 1. The lowest BCUT2D eigenvalue weighted by atomic mass is 9.67. The summed E-state index contributed by atoms with van der Waals surface area (Å²) >= 11 is 1.96. The highest BCUT2D eigenvalue weighted by Crippen LogP contribution is 2.48. The van der Waals surface area contributed by atoms with E-state index in [-0.39, 0.29) is 18.0 Å².